The van der Waals surface area contributed by atoms with Crippen LogP contribution in [0.1, 0.15) is 4.88 Å². The number of rotatable bonds is 3. The van der Waals surface area contributed by atoms with Gasteiger partial charge in [-0.1, -0.05) is 6.07 Å². The van der Waals surface area contributed by atoms with Gasteiger partial charge in [0.25, 0.3) is 0 Å². The van der Waals surface area contributed by atoms with E-state index in [1.54, 1.807) is 18.4 Å². The molecule has 0 aliphatic carbocycles. The lowest BCUT2D eigenvalue weighted by Gasteiger charge is -2.37. The Morgan fingerprint density at radius 2 is 2.00 bits per heavy atom. The van der Waals surface area contributed by atoms with Crippen LogP contribution in [-0.2, 0) is 6.54 Å². The number of hydrogen-bond donors (Lipinski definition) is 1. The monoisotopic (exact) mass is 350 g/mol. The number of aliphatic imine (C=N–C) groups is 1. The number of benzene rings is 1. The number of guanidine groups is 1. The van der Waals surface area contributed by atoms with Crippen molar-refractivity contribution in [1.82, 2.24) is 10.2 Å². The van der Waals surface area contributed by atoms with Crippen molar-refractivity contribution < 1.29 is 8.78 Å². The minimum Gasteiger partial charge on any atom is -0.366 e. The van der Waals surface area contributed by atoms with Gasteiger partial charge in [0, 0.05) is 44.2 Å². The summed E-state index contributed by atoms with van der Waals surface area (Å²) in [7, 11) is 1.76. The molecular formula is C17H20F2N4S. The van der Waals surface area contributed by atoms with Crippen molar-refractivity contribution in [2.45, 2.75) is 6.54 Å². The quantitative estimate of drug-likeness (QED) is 0.682. The van der Waals surface area contributed by atoms with E-state index in [1.165, 1.54) is 17.0 Å². The maximum Gasteiger partial charge on any atom is 0.194 e. The van der Waals surface area contributed by atoms with Gasteiger partial charge in [-0.3, -0.25) is 4.99 Å². The van der Waals surface area contributed by atoms with Gasteiger partial charge < -0.3 is 15.1 Å². The lowest BCUT2D eigenvalue weighted by Crippen LogP contribution is -2.52. The van der Waals surface area contributed by atoms with E-state index in [-0.39, 0.29) is 5.82 Å². The highest BCUT2D eigenvalue weighted by Gasteiger charge is 2.22. The molecule has 128 valence electrons. The largest absolute Gasteiger partial charge is 0.366 e. The number of nitrogens with one attached hydrogen (secondary N) is 1. The van der Waals surface area contributed by atoms with Crippen LogP contribution in [0.25, 0.3) is 0 Å². The molecule has 3 rings (SSSR count). The van der Waals surface area contributed by atoms with Gasteiger partial charge in [0.1, 0.15) is 11.6 Å². The van der Waals surface area contributed by atoms with Crippen LogP contribution in [-0.4, -0.2) is 44.1 Å². The van der Waals surface area contributed by atoms with Gasteiger partial charge in [-0.15, -0.1) is 11.3 Å². The van der Waals surface area contributed by atoms with Crippen molar-refractivity contribution in [1.29, 1.82) is 0 Å². The number of hydrogen-bond acceptors (Lipinski definition) is 3. The summed E-state index contributed by atoms with van der Waals surface area (Å²) in [5.74, 6) is 0.0371. The average Bonchev–Trinajstić information content (AvgIpc) is 3.12. The average molecular weight is 350 g/mol. The van der Waals surface area contributed by atoms with Gasteiger partial charge >= 0.3 is 0 Å². The van der Waals surface area contributed by atoms with Crippen LogP contribution in [0.5, 0.6) is 0 Å². The molecule has 1 saturated heterocycles. The third-order valence-corrected chi connectivity index (χ3v) is 4.92. The SMILES string of the molecule is CN=C(NCc1cccs1)N1CCN(c2cc(F)ccc2F)CC1. The van der Waals surface area contributed by atoms with E-state index in [2.05, 4.69) is 21.3 Å². The van der Waals surface area contributed by atoms with E-state index in [1.807, 2.05) is 16.3 Å². The molecule has 0 atom stereocenters. The summed E-state index contributed by atoms with van der Waals surface area (Å²) in [6, 6.07) is 7.69. The first-order chi connectivity index (χ1) is 11.7. The van der Waals surface area contributed by atoms with Crippen molar-refractivity contribution in [3.8, 4) is 0 Å². The molecule has 1 aromatic heterocycles. The first-order valence-electron chi connectivity index (χ1n) is 7.85. The second-order valence-corrected chi connectivity index (χ2v) is 6.58. The van der Waals surface area contributed by atoms with Gasteiger partial charge in [-0.2, -0.15) is 0 Å². The number of nitrogens with zero attached hydrogens (tertiary/aromatic N) is 3. The molecule has 1 N–H and O–H groups in total. The highest BCUT2D eigenvalue weighted by Crippen LogP contribution is 2.22. The Hall–Kier alpha value is -2.15. The van der Waals surface area contributed by atoms with Gasteiger partial charge in [0.05, 0.1) is 12.2 Å². The van der Waals surface area contributed by atoms with Gasteiger partial charge in [-0.25, -0.2) is 8.78 Å². The molecule has 0 spiro atoms. The molecule has 1 aromatic carbocycles. The first kappa shape index (κ1) is 16.7. The summed E-state index contributed by atoms with van der Waals surface area (Å²) in [6.45, 7) is 3.41. The standard InChI is InChI=1S/C17H20F2N4S/c1-20-17(21-12-14-3-2-10-24-14)23-8-6-22(7-9-23)16-11-13(18)4-5-15(16)19/h2-5,10-11H,6-9,12H2,1H3,(H,20,21). The van der Waals surface area contributed by atoms with E-state index in [0.29, 0.717) is 31.9 Å². The first-order valence-corrected chi connectivity index (χ1v) is 8.73. The number of thiophene rings is 1. The van der Waals surface area contributed by atoms with E-state index in [0.717, 1.165) is 18.6 Å². The van der Waals surface area contributed by atoms with Crippen molar-refractivity contribution in [2.24, 2.45) is 4.99 Å². The summed E-state index contributed by atoms with van der Waals surface area (Å²) < 4.78 is 27.3. The van der Waals surface area contributed by atoms with Crippen LogP contribution in [0.2, 0.25) is 0 Å². The van der Waals surface area contributed by atoms with Crippen LogP contribution in [0.15, 0.2) is 40.7 Å². The van der Waals surface area contributed by atoms with Gasteiger partial charge in [0.15, 0.2) is 5.96 Å². The lowest BCUT2D eigenvalue weighted by molar-refractivity contribution is 0.370. The van der Waals surface area contributed by atoms with Crippen molar-refractivity contribution in [3.63, 3.8) is 0 Å². The maximum absolute atomic E-state index is 13.9. The van der Waals surface area contributed by atoms with E-state index < -0.39 is 5.82 Å². The summed E-state index contributed by atoms with van der Waals surface area (Å²) in [6.07, 6.45) is 0. The fraction of sp³-hybridized carbons (Fsp3) is 0.353. The number of halogens is 2. The molecule has 1 fully saturated rings. The van der Waals surface area contributed by atoms with Crippen molar-refractivity contribution >= 4 is 23.0 Å². The summed E-state index contributed by atoms with van der Waals surface area (Å²) in [5.41, 5.74) is 0.330. The van der Waals surface area contributed by atoms with Crippen LogP contribution < -0.4 is 10.2 Å². The zero-order chi connectivity index (χ0) is 16.9. The van der Waals surface area contributed by atoms with E-state index in [9.17, 15) is 8.78 Å². The molecule has 0 amide bonds. The predicted octanol–water partition coefficient (Wildman–Crippen LogP) is 2.92. The summed E-state index contributed by atoms with van der Waals surface area (Å²) >= 11 is 1.70. The van der Waals surface area contributed by atoms with Crippen molar-refractivity contribution in [2.75, 3.05) is 38.1 Å². The second-order valence-electron chi connectivity index (χ2n) is 5.55. The molecule has 0 radical (unpaired) electrons. The highest BCUT2D eigenvalue weighted by atomic mass is 32.1. The van der Waals surface area contributed by atoms with Crippen LogP contribution in [0, 0.1) is 11.6 Å². The molecule has 2 aromatic rings. The minimum atomic E-state index is -0.415. The lowest BCUT2D eigenvalue weighted by atomic mass is 10.2. The predicted molar refractivity (Wildman–Crippen MR) is 94.7 cm³/mol. The molecule has 0 saturated carbocycles. The van der Waals surface area contributed by atoms with Crippen LogP contribution in [0.4, 0.5) is 14.5 Å². The molecule has 24 heavy (non-hydrogen) atoms. The Morgan fingerprint density at radius 1 is 1.21 bits per heavy atom. The smallest absolute Gasteiger partial charge is 0.194 e. The van der Waals surface area contributed by atoms with E-state index >= 15 is 0 Å². The Kier molecular flexibility index (Phi) is 5.30. The summed E-state index contributed by atoms with van der Waals surface area (Å²) in [4.78, 5) is 9.59. The minimum absolute atomic E-state index is 0.330. The Balaban J connectivity index is 1.58. The highest BCUT2D eigenvalue weighted by molar-refractivity contribution is 7.09. The Bertz CT molecular complexity index is 695. The fourth-order valence-corrected chi connectivity index (χ4v) is 3.44. The van der Waals surface area contributed by atoms with Crippen LogP contribution in [0.3, 0.4) is 0 Å². The molecule has 7 heteroatoms. The number of piperazine rings is 1. The Morgan fingerprint density at radius 3 is 2.67 bits per heavy atom. The Labute approximate surface area is 144 Å². The topological polar surface area (TPSA) is 30.9 Å². The third kappa shape index (κ3) is 3.84. The summed E-state index contributed by atoms with van der Waals surface area (Å²) in [5, 5.41) is 5.40. The second kappa shape index (κ2) is 7.61. The molecule has 0 bridgehead atoms. The molecule has 1 aliphatic rings. The molecule has 2 heterocycles. The molecule has 1 aliphatic heterocycles. The van der Waals surface area contributed by atoms with Crippen molar-refractivity contribution in [3.05, 3.63) is 52.2 Å². The molecule has 0 unspecified atom stereocenters. The molecular weight excluding hydrogens is 330 g/mol. The zero-order valence-electron chi connectivity index (χ0n) is 13.5. The maximum atomic E-state index is 13.9. The third-order valence-electron chi connectivity index (χ3n) is 4.04. The zero-order valence-corrected chi connectivity index (χ0v) is 14.3. The normalized spacial score (nSPS) is 15.7. The number of anilines is 1. The van der Waals surface area contributed by atoms with Crippen LogP contribution >= 0.6 is 11.3 Å². The molecule has 4 nitrogen and oxygen atoms in total. The van der Waals surface area contributed by atoms with Gasteiger partial charge in [0.2, 0.25) is 0 Å². The fourth-order valence-electron chi connectivity index (χ4n) is 2.80. The van der Waals surface area contributed by atoms with Gasteiger partial charge in [-0.05, 0) is 23.6 Å². The van der Waals surface area contributed by atoms with E-state index in [4.69, 9.17) is 0 Å².